The topological polar surface area (TPSA) is 87.6 Å². The summed E-state index contributed by atoms with van der Waals surface area (Å²) in [4.78, 5) is 15.1. The Hall–Kier alpha value is -3.98. The molecule has 0 spiro atoms. The van der Waals surface area contributed by atoms with E-state index in [1.165, 1.54) is 0 Å². The van der Waals surface area contributed by atoms with E-state index in [0.29, 0.717) is 28.8 Å². The molecule has 0 N–H and O–H groups in total. The smallest absolute Gasteiger partial charge is 0.218 e. The minimum atomic E-state index is 0.264. The molecule has 0 aliphatic carbocycles. The van der Waals surface area contributed by atoms with Crippen molar-refractivity contribution in [1.29, 1.82) is 0 Å². The number of aryl methyl sites for hydroxylation is 2. The molecule has 0 amide bonds. The van der Waals surface area contributed by atoms with Crippen LogP contribution < -0.4 is 9.47 Å². The van der Waals surface area contributed by atoms with Crippen LogP contribution in [-0.2, 0) is 6.61 Å². The van der Waals surface area contributed by atoms with Gasteiger partial charge in [0.2, 0.25) is 5.82 Å². The highest BCUT2D eigenvalue weighted by molar-refractivity contribution is 7.26. The fraction of sp³-hybridized carbons (Fsp3) is 0.167. The van der Waals surface area contributed by atoms with E-state index in [-0.39, 0.29) is 6.61 Å². The molecule has 0 atom stereocenters. The molecule has 164 valence electrons. The summed E-state index contributed by atoms with van der Waals surface area (Å²) in [7, 11) is 1.61. The summed E-state index contributed by atoms with van der Waals surface area (Å²) < 4.78 is 19.8. The van der Waals surface area contributed by atoms with Crippen molar-refractivity contribution in [3.8, 4) is 23.1 Å². The van der Waals surface area contributed by atoms with Gasteiger partial charge in [0.15, 0.2) is 22.9 Å². The largest absolute Gasteiger partial charge is 0.493 e. The van der Waals surface area contributed by atoms with Gasteiger partial charge in [0.25, 0.3) is 0 Å². The van der Waals surface area contributed by atoms with Crippen LogP contribution in [0.2, 0.25) is 0 Å². The van der Waals surface area contributed by atoms with Gasteiger partial charge < -0.3 is 13.9 Å². The Kier molecular flexibility index (Phi) is 4.51. The molecule has 9 heteroatoms. The standard InChI is InChI=1S/C24H19N5O3S/c1-13-10-14(2)26-24-19(13)20-21(33-24)23-27-22(28-29(23)12-25-20)18-9-8-15(32-18)11-31-17-7-5-4-6-16(17)30-3/h4-10,12H,11H2,1-3H3. The van der Waals surface area contributed by atoms with Crippen LogP contribution in [0.1, 0.15) is 17.0 Å². The first kappa shape index (κ1) is 19.7. The van der Waals surface area contributed by atoms with Crippen molar-refractivity contribution in [2.24, 2.45) is 0 Å². The summed E-state index contributed by atoms with van der Waals surface area (Å²) in [6, 6.07) is 13.3. The Labute approximate surface area is 192 Å². The summed E-state index contributed by atoms with van der Waals surface area (Å²) in [5.41, 5.74) is 3.78. The van der Waals surface area contributed by atoms with Crippen LogP contribution in [0.25, 0.3) is 37.7 Å². The van der Waals surface area contributed by atoms with Gasteiger partial charge in [0.1, 0.15) is 28.2 Å². The predicted molar refractivity (Wildman–Crippen MR) is 126 cm³/mol. The minimum absolute atomic E-state index is 0.264. The Morgan fingerprint density at radius 1 is 1.06 bits per heavy atom. The first-order valence-corrected chi connectivity index (χ1v) is 11.2. The van der Waals surface area contributed by atoms with Gasteiger partial charge in [-0.2, -0.15) is 0 Å². The lowest BCUT2D eigenvalue weighted by Gasteiger charge is -2.08. The Morgan fingerprint density at radius 2 is 1.91 bits per heavy atom. The van der Waals surface area contributed by atoms with Crippen molar-refractivity contribution < 1.29 is 13.9 Å². The molecule has 6 rings (SSSR count). The molecule has 8 nitrogen and oxygen atoms in total. The number of hydrogen-bond acceptors (Lipinski definition) is 8. The number of methoxy groups -OCH3 is 1. The second-order valence-electron chi connectivity index (χ2n) is 7.69. The molecule has 6 aromatic rings. The molecule has 0 aliphatic rings. The number of thiophene rings is 1. The zero-order chi connectivity index (χ0) is 22.5. The number of fused-ring (bicyclic) bond motifs is 5. The summed E-state index contributed by atoms with van der Waals surface area (Å²) in [6.07, 6.45) is 1.69. The van der Waals surface area contributed by atoms with Crippen molar-refractivity contribution >= 4 is 37.4 Å². The van der Waals surface area contributed by atoms with E-state index in [1.54, 1.807) is 29.3 Å². The van der Waals surface area contributed by atoms with Crippen LogP contribution in [0.3, 0.4) is 0 Å². The number of aromatic nitrogens is 5. The molecular formula is C24H19N5O3S. The average Bonchev–Trinajstić information content (AvgIpc) is 3.53. The lowest BCUT2D eigenvalue weighted by atomic mass is 10.1. The predicted octanol–water partition coefficient (Wildman–Crippen LogP) is 5.35. The van der Waals surface area contributed by atoms with Gasteiger partial charge in [-0.05, 0) is 49.7 Å². The highest BCUT2D eigenvalue weighted by Gasteiger charge is 2.18. The second-order valence-corrected chi connectivity index (χ2v) is 8.69. The maximum absolute atomic E-state index is 5.97. The molecular weight excluding hydrogens is 438 g/mol. The van der Waals surface area contributed by atoms with Crippen LogP contribution in [0, 0.1) is 13.8 Å². The van der Waals surface area contributed by atoms with E-state index >= 15 is 0 Å². The Morgan fingerprint density at radius 3 is 2.76 bits per heavy atom. The summed E-state index contributed by atoms with van der Waals surface area (Å²) in [6.45, 7) is 4.35. The number of furan rings is 1. The van der Waals surface area contributed by atoms with E-state index in [2.05, 4.69) is 28.1 Å². The van der Waals surface area contributed by atoms with Gasteiger partial charge in [-0.15, -0.1) is 16.4 Å². The van der Waals surface area contributed by atoms with Crippen LogP contribution >= 0.6 is 11.3 Å². The van der Waals surface area contributed by atoms with Crippen molar-refractivity contribution in [3.63, 3.8) is 0 Å². The van der Waals surface area contributed by atoms with Gasteiger partial charge in [0.05, 0.1) is 12.6 Å². The molecule has 0 radical (unpaired) electrons. The molecule has 0 bridgehead atoms. The molecule has 0 unspecified atom stereocenters. The van der Waals surface area contributed by atoms with E-state index < -0.39 is 0 Å². The normalized spacial score (nSPS) is 11.6. The van der Waals surface area contributed by atoms with E-state index in [1.807, 2.05) is 43.3 Å². The van der Waals surface area contributed by atoms with Crippen LogP contribution in [0.15, 0.2) is 53.2 Å². The lowest BCUT2D eigenvalue weighted by Crippen LogP contribution is -1.96. The molecule has 0 fully saturated rings. The van der Waals surface area contributed by atoms with Crippen molar-refractivity contribution in [2.45, 2.75) is 20.5 Å². The third-order valence-corrected chi connectivity index (χ3v) is 6.48. The molecule has 0 aliphatic heterocycles. The second kappa shape index (κ2) is 7.56. The highest BCUT2D eigenvalue weighted by Crippen LogP contribution is 2.36. The van der Waals surface area contributed by atoms with Gasteiger partial charge in [-0.1, -0.05) is 12.1 Å². The first-order chi connectivity index (χ1) is 16.1. The molecule has 1 aromatic carbocycles. The third kappa shape index (κ3) is 3.28. The van der Waals surface area contributed by atoms with E-state index in [4.69, 9.17) is 18.9 Å². The maximum Gasteiger partial charge on any atom is 0.218 e. The molecule has 33 heavy (non-hydrogen) atoms. The highest BCUT2D eigenvalue weighted by atomic mass is 32.1. The van der Waals surface area contributed by atoms with Gasteiger partial charge in [-0.3, -0.25) is 0 Å². The van der Waals surface area contributed by atoms with Crippen LogP contribution in [0.4, 0.5) is 0 Å². The van der Waals surface area contributed by atoms with Gasteiger partial charge >= 0.3 is 0 Å². The van der Waals surface area contributed by atoms with Gasteiger partial charge in [0, 0.05) is 11.1 Å². The fourth-order valence-corrected chi connectivity index (χ4v) is 5.16. The monoisotopic (exact) mass is 457 g/mol. The van der Waals surface area contributed by atoms with Crippen LogP contribution in [0.5, 0.6) is 11.5 Å². The minimum Gasteiger partial charge on any atom is -0.493 e. The van der Waals surface area contributed by atoms with Gasteiger partial charge in [-0.25, -0.2) is 19.5 Å². The average molecular weight is 458 g/mol. The molecule has 0 saturated carbocycles. The van der Waals surface area contributed by atoms with Crippen molar-refractivity contribution in [3.05, 3.63) is 65.8 Å². The fourth-order valence-electron chi connectivity index (χ4n) is 3.94. The Balaban J connectivity index is 1.35. The quantitative estimate of drug-likeness (QED) is 0.345. The van der Waals surface area contributed by atoms with E-state index in [0.717, 1.165) is 37.3 Å². The summed E-state index contributed by atoms with van der Waals surface area (Å²) in [5, 5.41) is 5.65. The first-order valence-electron chi connectivity index (χ1n) is 10.4. The lowest BCUT2D eigenvalue weighted by molar-refractivity contribution is 0.257. The molecule has 0 saturated heterocycles. The SMILES string of the molecule is COc1ccccc1OCc1ccc(-c2nc3c4sc5nc(C)cc(C)c5c4ncn3n2)o1. The number of hydrogen-bond donors (Lipinski definition) is 0. The number of nitrogens with zero attached hydrogens (tertiary/aromatic N) is 5. The molecule has 5 aromatic heterocycles. The number of pyridine rings is 1. The maximum atomic E-state index is 5.97. The van der Waals surface area contributed by atoms with Crippen LogP contribution in [-0.4, -0.2) is 31.7 Å². The van der Waals surface area contributed by atoms with E-state index in [9.17, 15) is 0 Å². The zero-order valence-corrected chi connectivity index (χ0v) is 19.0. The zero-order valence-electron chi connectivity index (χ0n) is 18.2. The Bertz CT molecular complexity index is 1650. The number of rotatable bonds is 5. The number of benzene rings is 1. The van der Waals surface area contributed by atoms with Crippen molar-refractivity contribution in [1.82, 2.24) is 24.6 Å². The summed E-state index contributed by atoms with van der Waals surface area (Å²) >= 11 is 1.58. The van der Waals surface area contributed by atoms with Crippen molar-refractivity contribution in [2.75, 3.05) is 7.11 Å². The third-order valence-electron chi connectivity index (χ3n) is 5.41. The number of ether oxygens (including phenoxy) is 2. The number of para-hydroxylation sites is 2. The molecule has 5 heterocycles. The summed E-state index contributed by atoms with van der Waals surface area (Å²) in [5.74, 6) is 3.05.